The highest BCUT2D eigenvalue weighted by molar-refractivity contribution is 5.66. The Labute approximate surface area is 137 Å². The lowest BCUT2D eigenvalue weighted by Gasteiger charge is -2.20. The van der Waals surface area contributed by atoms with Crippen LogP contribution >= 0.6 is 0 Å². The average molecular weight is 310 g/mol. The van der Waals surface area contributed by atoms with Crippen LogP contribution in [-0.2, 0) is 9.53 Å². The Balaban J connectivity index is 2.01. The average Bonchev–Trinajstić information content (AvgIpc) is 2.55. The van der Waals surface area contributed by atoms with E-state index in [1.807, 2.05) is 60.7 Å². The van der Waals surface area contributed by atoms with E-state index >= 15 is 0 Å². The van der Waals surface area contributed by atoms with Crippen molar-refractivity contribution in [2.45, 2.75) is 32.0 Å². The zero-order chi connectivity index (χ0) is 16.7. The van der Waals surface area contributed by atoms with Gasteiger partial charge in [0.1, 0.15) is 6.10 Å². The van der Waals surface area contributed by atoms with E-state index in [1.54, 1.807) is 0 Å². The third-order valence-electron chi connectivity index (χ3n) is 3.62. The molecule has 0 saturated carbocycles. The number of rotatable bonds is 7. The number of hydrogen-bond acceptors (Lipinski definition) is 3. The molecule has 0 saturated heterocycles. The zero-order valence-electron chi connectivity index (χ0n) is 13.3. The van der Waals surface area contributed by atoms with E-state index in [2.05, 4.69) is 6.58 Å². The summed E-state index contributed by atoms with van der Waals surface area (Å²) in [6.07, 6.45) is -0.0381. The van der Waals surface area contributed by atoms with Gasteiger partial charge in [-0.1, -0.05) is 72.8 Å². The van der Waals surface area contributed by atoms with E-state index in [9.17, 15) is 9.90 Å². The van der Waals surface area contributed by atoms with Crippen molar-refractivity contribution in [3.63, 3.8) is 0 Å². The fourth-order valence-electron chi connectivity index (χ4n) is 2.51. The summed E-state index contributed by atoms with van der Waals surface area (Å²) < 4.78 is 5.41. The van der Waals surface area contributed by atoms with E-state index in [-0.39, 0.29) is 12.1 Å². The molecule has 2 aromatic rings. The second-order valence-corrected chi connectivity index (χ2v) is 5.59. The Morgan fingerprint density at radius 1 is 1.00 bits per heavy atom. The van der Waals surface area contributed by atoms with Crippen molar-refractivity contribution in [1.29, 1.82) is 0 Å². The Morgan fingerprint density at radius 2 is 1.52 bits per heavy atom. The standard InChI is InChI=1S/C20H22O3/c1-15(13-19(22)17-9-5-3-6-10-17)14-20(23-16(2)21)18-11-7-4-8-12-18/h3-12,19-20,22H,1,13-14H2,2H3. The largest absolute Gasteiger partial charge is 0.457 e. The number of carbonyl (C=O) groups excluding carboxylic acids is 1. The van der Waals surface area contributed by atoms with Crippen LogP contribution in [-0.4, -0.2) is 11.1 Å². The minimum absolute atomic E-state index is 0.324. The molecule has 0 spiro atoms. The summed E-state index contributed by atoms with van der Waals surface area (Å²) in [4.78, 5) is 11.4. The van der Waals surface area contributed by atoms with Gasteiger partial charge in [0, 0.05) is 13.3 Å². The Hall–Kier alpha value is -2.39. The molecule has 0 aliphatic carbocycles. The van der Waals surface area contributed by atoms with Gasteiger partial charge in [0.2, 0.25) is 0 Å². The van der Waals surface area contributed by atoms with Crippen molar-refractivity contribution in [3.05, 3.63) is 83.9 Å². The molecule has 0 aliphatic heterocycles. The van der Waals surface area contributed by atoms with E-state index in [1.165, 1.54) is 6.92 Å². The monoisotopic (exact) mass is 310 g/mol. The topological polar surface area (TPSA) is 46.5 Å². The van der Waals surface area contributed by atoms with Crippen LogP contribution in [0.25, 0.3) is 0 Å². The number of aliphatic hydroxyl groups excluding tert-OH is 1. The SMILES string of the molecule is C=C(CC(O)c1ccccc1)CC(OC(C)=O)c1ccccc1. The van der Waals surface area contributed by atoms with Gasteiger partial charge in [-0.15, -0.1) is 0 Å². The van der Waals surface area contributed by atoms with Crippen molar-refractivity contribution in [2.24, 2.45) is 0 Å². The fourth-order valence-corrected chi connectivity index (χ4v) is 2.51. The summed E-state index contributed by atoms with van der Waals surface area (Å²) in [7, 11) is 0. The Bertz CT molecular complexity index is 634. The molecule has 0 bridgehead atoms. The van der Waals surface area contributed by atoms with Gasteiger partial charge in [-0.3, -0.25) is 4.79 Å². The molecule has 120 valence electrons. The molecular formula is C20H22O3. The number of aliphatic hydroxyl groups is 1. The first-order valence-corrected chi connectivity index (χ1v) is 7.68. The van der Waals surface area contributed by atoms with Crippen LogP contribution in [0.15, 0.2) is 72.8 Å². The molecule has 0 radical (unpaired) electrons. The van der Waals surface area contributed by atoms with Gasteiger partial charge in [0.05, 0.1) is 6.10 Å². The molecule has 2 unspecified atom stereocenters. The highest BCUT2D eigenvalue weighted by Gasteiger charge is 2.18. The summed E-state index contributed by atoms with van der Waals surface area (Å²) in [6.45, 7) is 5.44. The number of esters is 1. The number of ether oxygens (including phenoxy) is 1. The lowest BCUT2D eigenvalue weighted by molar-refractivity contribution is -0.146. The van der Waals surface area contributed by atoms with E-state index in [0.29, 0.717) is 12.8 Å². The summed E-state index contributed by atoms with van der Waals surface area (Å²) in [5, 5.41) is 10.3. The van der Waals surface area contributed by atoms with Gasteiger partial charge < -0.3 is 9.84 Å². The fraction of sp³-hybridized carbons (Fsp3) is 0.250. The minimum atomic E-state index is -0.600. The highest BCUT2D eigenvalue weighted by Crippen LogP contribution is 2.29. The molecule has 3 heteroatoms. The normalized spacial score (nSPS) is 13.1. The molecule has 0 fully saturated rings. The molecule has 2 aromatic carbocycles. The van der Waals surface area contributed by atoms with Gasteiger partial charge in [-0.05, 0) is 17.5 Å². The van der Waals surface area contributed by atoms with Gasteiger partial charge >= 0.3 is 5.97 Å². The van der Waals surface area contributed by atoms with Crippen LogP contribution in [0, 0.1) is 0 Å². The molecule has 2 rings (SSSR count). The third kappa shape index (κ3) is 5.38. The summed E-state index contributed by atoms with van der Waals surface area (Å²) >= 11 is 0. The molecule has 2 atom stereocenters. The van der Waals surface area contributed by atoms with Crippen molar-refractivity contribution < 1.29 is 14.6 Å². The number of carbonyl (C=O) groups is 1. The quantitative estimate of drug-likeness (QED) is 0.610. The maximum atomic E-state index is 11.4. The summed E-state index contributed by atoms with van der Waals surface area (Å²) in [5.41, 5.74) is 2.63. The first-order valence-electron chi connectivity index (χ1n) is 7.68. The zero-order valence-corrected chi connectivity index (χ0v) is 13.3. The molecule has 0 aromatic heterocycles. The molecule has 0 heterocycles. The van der Waals surface area contributed by atoms with Gasteiger partial charge in [-0.2, -0.15) is 0 Å². The van der Waals surface area contributed by atoms with Crippen LogP contribution in [0.2, 0.25) is 0 Å². The molecule has 0 amide bonds. The second-order valence-electron chi connectivity index (χ2n) is 5.59. The first kappa shape index (κ1) is 17.0. The van der Waals surface area contributed by atoms with Crippen molar-refractivity contribution in [2.75, 3.05) is 0 Å². The minimum Gasteiger partial charge on any atom is -0.457 e. The maximum Gasteiger partial charge on any atom is 0.303 e. The molecule has 3 nitrogen and oxygen atoms in total. The number of hydrogen-bond donors (Lipinski definition) is 1. The van der Waals surface area contributed by atoms with Crippen LogP contribution in [0.3, 0.4) is 0 Å². The highest BCUT2D eigenvalue weighted by atomic mass is 16.5. The van der Waals surface area contributed by atoms with Crippen molar-refractivity contribution in [3.8, 4) is 0 Å². The van der Waals surface area contributed by atoms with Crippen LogP contribution < -0.4 is 0 Å². The first-order chi connectivity index (χ1) is 11.1. The van der Waals surface area contributed by atoms with Gasteiger partial charge in [0.25, 0.3) is 0 Å². The van der Waals surface area contributed by atoms with Gasteiger partial charge in [0.15, 0.2) is 0 Å². The predicted molar refractivity (Wildman–Crippen MR) is 90.7 cm³/mol. The van der Waals surface area contributed by atoms with E-state index in [0.717, 1.165) is 16.7 Å². The van der Waals surface area contributed by atoms with Crippen LogP contribution in [0.1, 0.15) is 43.1 Å². The smallest absolute Gasteiger partial charge is 0.303 e. The molecular weight excluding hydrogens is 288 g/mol. The molecule has 1 N–H and O–H groups in total. The van der Waals surface area contributed by atoms with Crippen molar-refractivity contribution in [1.82, 2.24) is 0 Å². The van der Waals surface area contributed by atoms with Crippen molar-refractivity contribution >= 4 is 5.97 Å². The molecule has 0 aliphatic rings. The van der Waals surface area contributed by atoms with Crippen LogP contribution in [0.5, 0.6) is 0 Å². The lowest BCUT2D eigenvalue weighted by Crippen LogP contribution is -2.10. The summed E-state index contributed by atoms with van der Waals surface area (Å²) in [6, 6.07) is 19.1. The molecule has 23 heavy (non-hydrogen) atoms. The predicted octanol–water partition coefficient (Wildman–Crippen LogP) is 4.36. The van der Waals surface area contributed by atoms with E-state index in [4.69, 9.17) is 4.74 Å². The Kier molecular flexibility index (Phi) is 6.12. The van der Waals surface area contributed by atoms with Gasteiger partial charge in [-0.25, -0.2) is 0 Å². The Morgan fingerprint density at radius 3 is 2.04 bits per heavy atom. The third-order valence-corrected chi connectivity index (χ3v) is 3.62. The lowest BCUT2D eigenvalue weighted by atomic mass is 9.96. The summed E-state index contributed by atoms with van der Waals surface area (Å²) in [5.74, 6) is -0.324. The number of benzene rings is 2. The van der Waals surface area contributed by atoms with E-state index < -0.39 is 6.10 Å². The second kappa shape index (κ2) is 8.30. The van der Waals surface area contributed by atoms with Crippen LogP contribution in [0.4, 0.5) is 0 Å². The maximum absolute atomic E-state index is 11.4.